The Hall–Kier alpha value is -4.24. The number of carbonyl (C=O) groups is 3. The Morgan fingerprint density at radius 1 is 1.05 bits per heavy atom. The van der Waals surface area contributed by atoms with Crippen molar-refractivity contribution < 1.29 is 24.2 Å². The number of nitrogen functional groups attached to an aromatic ring is 1. The molecule has 0 saturated heterocycles. The maximum absolute atomic E-state index is 14.0. The van der Waals surface area contributed by atoms with Crippen molar-refractivity contribution in [2.45, 2.75) is 47.6 Å². The lowest BCUT2D eigenvalue weighted by Crippen LogP contribution is -2.29. The van der Waals surface area contributed by atoms with Crippen LogP contribution in [0.4, 0.5) is 5.95 Å². The van der Waals surface area contributed by atoms with Gasteiger partial charge in [-0.1, -0.05) is 32.4 Å². The van der Waals surface area contributed by atoms with Crippen molar-refractivity contribution >= 4 is 40.6 Å². The third kappa shape index (κ3) is 5.84. The number of anilines is 1. The standard InChI is InChI=1S/C30H31ClN4O5/c1-29(2,3)26(37)23-21(15-30(4,5)27(38)39)24(25(36)17-6-8-18(31)9-7-17)35-13-11-20(14-22(23)35)40-16-19-10-12-33-28(32)34-19/h6-14H,15-16H2,1-5H3,(H,38,39)(H2,32,33,34). The largest absolute Gasteiger partial charge is 0.487 e. The SMILES string of the molecule is CC(C)(C)C(=O)c1c(CC(C)(C)C(=O)O)c(C(=O)c2ccc(Cl)cc2)n2ccc(OCc3ccnc(N)n3)cc12. The van der Waals surface area contributed by atoms with Crippen LogP contribution in [0.5, 0.6) is 5.75 Å². The van der Waals surface area contributed by atoms with Crippen LogP contribution in [0.2, 0.25) is 5.02 Å². The van der Waals surface area contributed by atoms with Gasteiger partial charge in [-0.25, -0.2) is 9.97 Å². The number of benzene rings is 1. The fourth-order valence-electron chi connectivity index (χ4n) is 4.33. The average Bonchev–Trinajstić information content (AvgIpc) is 3.18. The van der Waals surface area contributed by atoms with Gasteiger partial charge in [-0.3, -0.25) is 14.4 Å². The number of halogens is 1. The van der Waals surface area contributed by atoms with Gasteiger partial charge in [0.15, 0.2) is 5.78 Å². The van der Waals surface area contributed by atoms with E-state index in [0.29, 0.717) is 33.1 Å². The summed E-state index contributed by atoms with van der Waals surface area (Å²) in [6.07, 6.45) is 3.13. The molecule has 0 bridgehead atoms. The zero-order chi connectivity index (χ0) is 29.4. The number of hydrogen-bond donors (Lipinski definition) is 2. The smallest absolute Gasteiger partial charge is 0.309 e. The number of pyridine rings is 1. The van der Waals surface area contributed by atoms with Crippen molar-refractivity contribution in [3.05, 3.63) is 88.0 Å². The van der Waals surface area contributed by atoms with E-state index in [0.717, 1.165) is 0 Å². The summed E-state index contributed by atoms with van der Waals surface area (Å²) in [4.78, 5) is 48.1. The fraction of sp³-hybridized carbons (Fsp3) is 0.300. The summed E-state index contributed by atoms with van der Waals surface area (Å²) < 4.78 is 7.60. The Morgan fingerprint density at radius 2 is 1.73 bits per heavy atom. The zero-order valence-corrected chi connectivity index (χ0v) is 23.7. The predicted octanol–water partition coefficient (Wildman–Crippen LogP) is 5.66. The second-order valence-corrected chi connectivity index (χ2v) is 11.7. The molecule has 0 spiro atoms. The second kappa shape index (κ2) is 10.7. The Kier molecular flexibility index (Phi) is 7.72. The summed E-state index contributed by atoms with van der Waals surface area (Å²) in [6, 6.07) is 11.5. The Balaban J connectivity index is 1.95. The molecule has 0 aliphatic heterocycles. The van der Waals surface area contributed by atoms with E-state index in [4.69, 9.17) is 22.1 Å². The summed E-state index contributed by atoms with van der Waals surface area (Å²) in [5.41, 5.74) is 5.82. The normalized spacial score (nSPS) is 11.9. The molecule has 1 aromatic carbocycles. The van der Waals surface area contributed by atoms with E-state index in [1.807, 2.05) is 0 Å². The quantitative estimate of drug-likeness (QED) is 0.249. The highest BCUT2D eigenvalue weighted by Gasteiger charge is 2.37. The Bertz CT molecular complexity index is 1620. The summed E-state index contributed by atoms with van der Waals surface area (Å²) in [7, 11) is 0. The molecule has 4 rings (SSSR count). The van der Waals surface area contributed by atoms with Crippen LogP contribution in [0.15, 0.2) is 54.9 Å². The monoisotopic (exact) mass is 562 g/mol. The molecule has 0 atom stereocenters. The minimum atomic E-state index is -1.26. The fourth-order valence-corrected chi connectivity index (χ4v) is 4.46. The first-order chi connectivity index (χ1) is 18.7. The molecule has 0 fully saturated rings. The third-order valence-corrected chi connectivity index (χ3v) is 6.81. The second-order valence-electron chi connectivity index (χ2n) is 11.3. The molecule has 0 saturated carbocycles. The van der Waals surface area contributed by atoms with Crippen molar-refractivity contribution in [3.8, 4) is 5.75 Å². The topological polar surface area (TPSA) is 137 Å². The number of rotatable bonds is 9. The van der Waals surface area contributed by atoms with Gasteiger partial charge in [0.05, 0.1) is 22.3 Å². The molecule has 0 radical (unpaired) electrons. The van der Waals surface area contributed by atoms with Gasteiger partial charge in [-0.05, 0) is 62.2 Å². The highest BCUT2D eigenvalue weighted by atomic mass is 35.5. The first-order valence-electron chi connectivity index (χ1n) is 12.6. The van der Waals surface area contributed by atoms with Gasteiger partial charge < -0.3 is 20.0 Å². The Labute approximate surface area is 237 Å². The first kappa shape index (κ1) is 28.8. The van der Waals surface area contributed by atoms with Crippen molar-refractivity contribution in [1.29, 1.82) is 0 Å². The van der Waals surface area contributed by atoms with E-state index in [-0.39, 0.29) is 41.8 Å². The third-order valence-electron chi connectivity index (χ3n) is 6.56. The number of aliphatic carboxylic acids is 1. The highest BCUT2D eigenvalue weighted by molar-refractivity contribution is 6.30. The Morgan fingerprint density at radius 3 is 2.33 bits per heavy atom. The lowest BCUT2D eigenvalue weighted by Gasteiger charge is -2.22. The molecule has 0 unspecified atom stereocenters. The number of aromatic nitrogens is 3. The summed E-state index contributed by atoms with van der Waals surface area (Å²) >= 11 is 6.05. The van der Waals surface area contributed by atoms with Crippen LogP contribution in [-0.2, 0) is 17.8 Å². The number of ether oxygens (including phenoxy) is 1. The highest BCUT2D eigenvalue weighted by Crippen LogP contribution is 2.37. The van der Waals surface area contributed by atoms with Gasteiger partial charge in [0.1, 0.15) is 12.4 Å². The number of carboxylic acids is 1. The van der Waals surface area contributed by atoms with E-state index in [2.05, 4.69) is 9.97 Å². The first-order valence-corrected chi connectivity index (χ1v) is 13.0. The molecule has 0 aliphatic rings. The van der Waals surface area contributed by atoms with Gasteiger partial charge in [0.2, 0.25) is 11.7 Å². The minimum absolute atomic E-state index is 0.0494. The maximum Gasteiger partial charge on any atom is 0.309 e. The van der Waals surface area contributed by atoms with E-state index in [1.165, 1.54) is 6.20 Å². The van der Waals surface area contributed by atoms with Gasteiger partial charge in [0, 0.05) is 40.0 Å². The zero-order valence-electron chi connectivity index (χ0n) is 23.0. The molecule has 40 heavy (non-hydrogen) atoms. The van der Waals surface area contributed by atoms with Crippen molar-refractivity contribution in [2.24, 2.45) is 10.8 Å². The number of Topliss-reactive ketones (excluding diaryl/α,β-unsaturated/α-hetero) is 1. The number of ketones is 2. The maximum atomic E-state index is 14.0. The van der Waals surface area contributed by atoms with Crippen LogP contribution in [-0.4, -0.2) is 37.0 Å². The van der Waals surface area contributed by atoms with Crippen LogP contribution < -0.4 is 10.5 Å². The minimum Gasteiger partial charge on any atom is -0.487 e. The number of nitrogens with two attached hydrogens (primary N) is 1. The van der Waals surface area contributed by atoms with Crippen LogP contribution in [0.3, 0.4) is 0 Å². The van der Waals surface area contributed by atoms with Crippen LogP contribution in [0.25, 0.3) is 5.52 Å². The summed E-state index contributed by atoms with van der Waals surface area (Å²) in [5.74, 6) is -1.08. The number of carbonyl (C=O) groups excluding carboxylic acids is 2. The van der Waals surface area contributed by atoms with Crippen molar-refractivity contribution in [2.75, 3.05) is 5.73 Å². The van der Waals surface area contributed by atoms with Gasteiger partial charge in [0.25, 0.3) is 0 Å². The van der Waals surface area contributed by atoms with Crippen LogP contribution in [0, 0.1) is 10.8 Å². The molecule has 208 valence electrons. The van der Waals surface area contributed by atoms with Crippen LogP contribution >= 0.6 is 11.6 Å². The van der Waals surface area contributed by atoms with Crippen molar-refractivity contribution in [1.82, 2.24) is 14.4 Å². The molecule has 3 aromatic heterocycles. The molecule has 10 heteroatoms. The van der Waals surface area contributed by atoms with E-state index in [9.17, 15) is 19.5 Å². The van der Waals surface area contributed by atoms with Gasteiger partial charge in [-0.15, -0.1) is 0 Å². The molecule has 3 N–H and O–H groups in total. The molecule has 3 heterocycles. The number of fused-ring (bicyclic) bond motifs is 1. The summed E-state index contributed by atoms with van der Waals surface area (Å²) in [5, 5.41) is 10.4. The van der Waals surface area contributed by atoms with Gasteiger partial charge >= 0.3 is 5.97 Å². The van der Waals surface area contributed by atoms with E-state index >= 15 is 0 Å². The molecular formula is C30H31ClN4O5. The number of carboxylic acid groups (broad SMARTS) is 1. The van der Waals surface area contributed by atoms with Crippen molar-refractivity contribution in [3.63, 3.8) is 0 Å². The lowest BCUT2D eigenvalue weighted by molar-refractivity contribution is -0.146. The van der Waals surface area contributed by atoms with Crippen LogP contribution in [0.1, 0.15) is 72.3 Å². The van der Waals surface area contributed by atoms with E-state index < -0.39 is 16.8 Å². The molecule has 0 aliphatic carbocycles. The number of nitrogens with zero attached hydrogens (tertiary/aromatic N) is 3. The molecular weight excluding hydrogens is 532 g/mol. The molecule has 9 nitrogen and oxygen atoms in total. The van der Waals surface area contributed by atoms with Gasteiger partial charge in [-0.2, -0.15) is 0 Å². The average molecular weight is 563 g/mol. The number of hydrogen-bond acceptors (Lipinski definition) is 7. The van der Waals surface area contributed by atoms with E-state index in [1.54, 1.807) is 87.7 Å². The lowest BCUT2D eigenvalue weighted by atomic mass is 9.79. The predicted molar refractivity (Wildman–Crippen MR) is 152 cm³/mol. The molecule has 4 aromatic rings. The summed E-state index contributed by atoms with van der Waals surface area (Å²) in [6.45, 7) is 8.59. The molecule has 0 amide bonds.